The van der Waals surface area contributed by atoms with E-state index in [9.17, 15) is 9.59 Å². The fourth-order valence-electron chi connectivity index (χ4n) is 4.06. The maximum Gasteiger partial charge on any atom is 0.332 e. The SMILES string of the molecule is C=CC(=O)OCOC1C2CC3CC(C2)C(=O)C1C3. The predicted molar refractivity (Wildman–Crippen MR) is 63.5 cm³/mol. The number of esters is 1. The highest BCUT2D eigenvalue weighted by Crippen LogP contribution is 2.52. The monoisotopic (exact) mass is 250 g/mol. The summed E-state index contributed by atoms with van der Waals surface area (Å²) in [7, 11) is 0. The van der Waals surface area contributed by atoms with Crippen molar-refractivity contribution in [1.29, 1.82) is 0 Å². The number of carbonyl (C=O) groups is 2. The van der Waals surface area contributed by atoms with Crippen molar-refractivity contribution in [3.05, 3.63) is 12.7 Å². The average Bonchev–Trinajstić information content (AvgIpc) is 2.37. The van der Waals surface area contributed by atoms with Gasteiger partial charge >= 0.3 is 5.97 Å². The number of carbonyl (C=O) groups excluding carboxylic acids is 2. The predicted octanol–water partition coefficient (Wildman–Crippen LogP) is 1.69. The Kier molecular flexibility index (Phi) is 2.98. The molecule has 4 bridgehead atoms. The molecule has 0 radical (unpaired) electrons. The van der Waals surface area contributed by atoms with E-state index in [1.54, 1.807) is 0 Å². The van der Waals surface area contributed by atoms with E-state index in [2.05, 4.69) is 6.58 Å². The van der Waals surface area contributed by atoms with Gasteiger partial charge in [-0.05, 0) is 37.5 Å². The Labute approximate surface area is 106 Å². The first-order valence-corrected chi connectivity index (χ1v) is 6.63. The summed E-state index contributed by atoms with van der Waals surface area (Å²) in [5, 5.41) is 0. The molecule has 4 saturated carbocycles. The summed E-state index contributed by atoms with van der Waals surface area (Å²) < 4.78 is 10.5. The van der Waals surface area contributed by atoms with Crippen molar-refractivity contribution >= 4 is 11.8 Å². The van der Waals surface area contributed by atoms with Crippen LogP contribution < -0.4 is 0 Å². The molecule has 98 valence electrons. The molecular formula is C14H18O4. The molecule has 0 heterocycles. The molecule has 0 saturated heterocycles. The summed E-state index contributed by atoms with van der Waals surface area (Å²) in [5.74, 6) is 1.42. The maximum absolute atomic E-state index is 12.1. The van der Waals surface area contributed by atoms with E-state index >= 15 is 0 Å². The number of Topliss-reactive ketones (excluding diaryl/α,β-unsaturated/α-hetero) is 1. The summed E-state index contributed by atoms with van der Waals surface area (Å²) in [4.78, 5) is 23.1. The Bertz CT molecular complexity index is 389. The van der Waals surface area contributed by atoms with Crippen LogP contribution in [0.1, 0.15) is 25.7 Å². The second-order valence-corrected chi connectivity index (χ2v) is 5.69. The second-order valence-electron chi connectivity index (χ2n) is 5.69. The first-order valence-electron chi connectivity index (χ1n) is 6.63. The van der Waals surface area contributed by atoms with Gasteiger partial charge in [-0.1, -0.05) is 6.58 Å². The molecule has 4 rings (SSSR count). The van der Waals surface area contributed by atoms with Crippen LogP contribution in [0.5, 0.6) is 0 Å². The first kappa shape index (κ1) is 11.9. The van der Waals surface area contributed by atoms with E-state index in [-0.39, 0.29) is 24.7 Å². The van der Waals surface area contributed by atoms with Gasteiger partial charge in [-0.3, -0.25) is 4.79 Å². The van der Waals surface area contributed by atoms with E-state index in [1.807, 2.05) is 0 Å². The van der Waals surface area contributed by atoms with Crippen molar-refractivity contribution in [3.8, 4) is 0 Å². The number of ether oxygens (including phenoxy) is 2. The number of hydrogen-bond acceptors (Lipinski definition) is 4. The van der Waals surface area contributed by atoms with Crippen LogP contribution in [0.3, 0.4) is 0 Å². The van der Waals surface area contributed by atoms with Crippen molar-refractivity contribution in [2.24, 2.45) is 23.7 Å². The van der Waals surface area contributed by atoms with Crippen LogP contribution >= 0.6 is 0 Å². The Balaban J connectivity index is 1.61. The van der Waals surface area contributed by atoms with Crippen LogP contribution in [0, 0.1) is 23.7 Å². The summed E-state index contributed by atoms with van der Waals surface area (Å²) in [6.07, 6.45) is 5.26. The van der Waals surface area contributed by atoms with E-state index in [4.69, 9.17) is 9.47 Å². The van der Waals surface area contributed by atoms with Gasteiger partial charge in [-0.15, -0.1) is 0 Å². The minimum Gasteiger partial charge on any atom is -0.435 e. The number of rotatable bonds is 4. The normalized spacial score (nSPS) is 40.9. The van der Waals surface area contributed by atoms with Gasteiger partial charge in [0.25, 0.3) is 0 Å². The van der Waals surface area contributed by atoms with Gasteiger partial charge in [0.2, 0.25) is 0 Å². The fraction of sp³-hybridized carbons (Fsp3) is 0.714. The summed E-state index contributed by atoms with van der Waals surface area (Å²) in [6.45, 7) is 3.26. The van der Waals surface area contributed by atoms with Gasteiger partial charge in [0.15, 0.2) is 6.79 Å². The molecule has 0 aromatic carbocycles. The smallest absolute Gasteiger partial charge is 0.332 e. The zero-order chi connectivity index (χ0) is 12.7. The van der Waals surface area contributed by atoms with Gasteiger partial charge in [0.1, 0.15) is 5.78 Å². The highest BCUT2D eigenvalue weighted by atomic mass is 16.7. The second kappa shape index (κ2) is 4.50. The Morgan fingerprint density at radius 2 is 2.17 bits per heavy atom. The summed E-state index contributed by atoms with van der Waals surface area (Å²) in [6, 6.07) is 0. The highest BCUT2D eigenvalue weighted by Gasteiger charge is 2.53. The highest BCUT2D eigenvalue weighted by molar-refractivity contribution is 5.86. The zero-order valence-electron chi connectivity index (χ0n) is 10.3. The van der Waals surface area contributed by atoms with Gasteiger partial charge in [0, 0.05) is 17.9 Å². The molecule has 5 atom stereocenters. The maximum atomic E-state index is 12.1. The molecule has 0 aromatic heterocycles. The average molecular weight is 250 g/mol. The minimum absolute atomic E-state index is 0.0390. The molecule has 4 nitrogen and oxygen atoms in total. The lowest BCUT2D eigenvalue weighted by molar-refractivity contribution is -0.186. The lowest BCUT2D eigenvalue weighted by Crippen LogP contribution is -2.55. The van der Waals surface area contributed by atoms with Crippen LogP contribution in [0.15, 0.2) is 12.7 Å². The molecule has 0 N–H and O–H groups in total. The zero-order valence-corrected chi connectivity index (χ0v) is 10.3. The molecule has 5 unspecified atom stereocenters. The minimum atomic E-state index is -0.481. The summed E-state index contributed by atoms with van der Waals surface area (Å²) >= 11 is 0. The first-order chi connectivity index (χ1) is 8.69. The van der Waals surface area contributed by atoms with Crippen molar-refractivity contribution < 1.29 is 19.1 Å². The molecule has 4 aliphatic carbocycles. The van der Waals surface area contributed by atoms with E-state index < -0.39 is 5.97 Å². The molecule has 0 aromatic rings. The van der Waals surface area contributed by atoms with Crippen molar-refractivity contribution in [1.82, 2.24) is 0 Å². The van der Waals surface area contributed by atoms with Crippen LogP contribution in [0.4, 0.5) is 0 Å². The van der Waals surface area contributed by atoms with Crippen LogP contribution in [0.2, 0.25) is 0 Å². The van der Waals surface area contributed by atoms with Crippen LogP contribution in [-0.2, 0) is 19.1 Å². The third-order valence-corrected chi connectivity index (χ3v) is 4.69. The summed E-state index contributed by atoms with van der Waals surface area (Å²) in [5.41, 5.74) is 0. The molecule has 4 aliphatic rings. The molecule has 0 aliphatic heterocycles. The van der Waals surface area contributed by atoms with Gasteiger partial charge in [0.05, 0.1) is 6.10 Å². The molecule has 4 heteroatoms. The largest absolute Gasteiger partial charge is 0.435 e. The Morgan fingerprint density at radius 3 is 2.94 bits per heavy atom. The van der Waals surface area contributed by atoms with Crippen molar-refractivity contribution in [3.63, 3.8) is 0 Å². The van der Waals surface area contributed by atoms with E-state index in [0.29, 0.717) is 17.6 Å². The van der Waals surface area contributed by atoms with Crippen LogP contribution in [0.25, 0.3) is 0 Å². The molecule has 0 amide bonds. The molecule has 4 fully saturated rings. The molecular weight excluding hydrogens is 232 g/mol. The quantitative estimate of drug-likeness (QED) is 0.433. The van der Waals surface area contributed by atoms with Gasteiger partial charge < -0.3 is 9.47 Å². The lowest BCUT2D eigenvalue weighted by Gasteiger charge is -2.52. The Hall–Kier alpha value is -1.16. The van der Waals surface area contributed by atoms with Crippen molar-refractivity contribution in [2.75, 3.05) is 6.79 Å². The number of hydrogen-bond donors (Lipinski definition) is 0. The third-order valence-electron chi connectivity index (χ3n) is 4.69. The van der Waals surface area contributed by atoms with Crippen LogP contribution in [-0.4, -0.2) is 24.6 Å². The van der Waals surface area contributed by atoms with Gasteiger partial charge in [-0.25, -0.2) is 4.79 Å². The lowest BCUT2D eigenvalue weighted by atomic mass is 9.54. The molecule has 18 heavy (non-hydrogen) atoms. The standard InChI is InChI=1S/C14H18O4/c1-2-12(15)17-7-18-14-10-4-8-3-9(6-10)13(16)11(14)5-8/h2,8-11,14H,1,3-7H2. The fourth-order valence-corrected chi connectivity index (χ4v) is 4.06. The molecule has 0 spiro atoms. The van der Waals surface area contributed by atoms with Gasteiger partial charge in [-0.2, -0.15) is 0 Å². The Morgan fingerprint density at radius 1 is 1.33 bits per heavy atom. The van der Waals surface area contributed by atoms with E-state index in [0.717, 1.165) is 25.3 Å². The topological polar surface area (TPSA) is 52.6 Å². The number of ketones is 1. The van der Waals surface area contributed by atoms with Crippen molar-refractivity contribution in [2.45, 2.75) is 31.8 Å². The van der Waals surface area contributed by atoms with E-state index in [1.165, 1.54) is 6.42 Å². The third kappa shape index (κ3) is 1.88.